The van der Waals surface area contributed by atoms with E-state index in [1.54, 1.807) is 11.8 Å². The molecule has 0 aliphatic carbocycles. The van der Waals surface area contributed by atoms with Crippen LogP contribution in [0.3, 0.4) is 0 Å². The maximum absolute atomic E-state index is 13.6. The Balaban J connectivity index is 1.99. The first-order chi connectivity index (χ1) is 10.3. The molecule has 1 heterocycles. The van der Waals surface area contributed by atoms with E-state index in [0.717, 1.165) is 30.4 Å². The maximum Gasteiger partial charge on any atom is 0.229 e. The molecule has 9 heteroatoms. The van der Waals surface area contributed by atoms with Gasteiger partial charge in [0.15, 0.2) is 0 Å². The topological polar surface area (TPSA) is 87.3 Å². The molecule has 3 N–H and O–H groups in total. The molecular formula is C13H18FN3O3S2. The zero-order chi connectivity index (χ0) is 16.2. The van der Waals surface area contributed by atoms with Crippen LogP contribution in [0.2, 0.25) is 0 Å². The normalized spacial score (nSPS) is 18.7. The van der Waals surface area contributed by atoms with Crippen LogP contribution in [0.25, 0.3) is 0 Å². The van der Waals surface area contributed by atoms with Gasteiger partial charge in [0.1, 0.15) is 5.82 Å². The van der Waals surface area contributed by atoms with E-state index in [2.05, 4.69) is 15.4 Å². The fraction of sp³-hybridized carbons (Fsp3) is 0.462. The second-order valence-corrected chi connectivity index (χ2v) is 7.95. The van der Waals surface area contributed by atoms with Gasteiger partial charge >= 0.3 is 0 Å². The molecule has 0 spiro atoms. The van der Waals surface area contributed by atoms with Crippen LogP contribution in [0.1, 0.15) is 6.42 Å². The number of halogens is 1. The van der Waals surface area contributed by atoms with Gasteiger partial charge in [0.05, 0.1) is 11.9 Å². The second kappa shape index (κ2) is 7.30. The minimum Gasteiger partial charge on any atom is -0.326 e. The number of anilines is 2. The summed E-state index contributed by atoms with van der Waals surface area (Å²) in [6, 6.07) is 3.88. The SMILES string of the molecule is CS(=O)(=O)Nc1cc(NC(=O)CC2CSCCN2)ccc1F. The summed E-state index contributed by atoms with van der Waals surface area (Å²) >= 11 is 1.79. The smallest absolute Gasteiger partial charge is 0.229 e. The molecule has 1 unspecified atom stereocenters. The molecule has 1 fully saturated rings. The van der Waals surface area contributed by atoms with E-state index < -0.39 is 15.8 Å². The Morgan fingerprint density at radius 3 is 2.91 bits per heavy atom. The molecule has 0 saturated carbocycles. The number of carbonyl (C=O) groups excluding carboxylic acids is 1. The Bertz CT molecular complexity index is 646. The lowest BCUT2D eigenvalue weighted by Crippen LogP contribution is -2.39. The van der Waals surface area contributed by atoms with Crippen LogP contribution in [-0.2, 0) is 14.8 Å². The second-order valence-electron chi connectivity index (χ2n) is 5.05. The molecule has 0 bridgehead atoms. The monoisotopic (exact) mass is 347 g/mol. The first-order valence-electron chi connectivity index (χ1n) is 6.72. The Kier molecular flexibility index (Phi) is 5.65. The molecule has 1 saturated heterocycles. The van der Waals surface area contributed by atoms with Crippen molar-refractivity contribution in [2.45, 2.75) is 12.5 Å². The Labute approximate surface area is 133 Å². The number of benzene rings is 1. The molecule has 0 radical (unpaired) electrons. The highest BCUT2D eigenvalue weighted by Gasteiger charge is 2.17. The van der Waals surface area contributed by atoms with Crippen molar-refractivity contribution in [3.63, 3.8) is 0 Å². The van der Waals surface area contributed by atoms with E-state index in [0.29, 0.717) is 12.1 Å². The predicted octanol–water partition coefficient (Wildman–Crippen LogP) is 1.23. The van der Waals surface area contributed by atoms with E-state index in [1.165, 1.54) is 12.1 Å². The van der Waals surface area contributed by atoms with Crippen LogP contribution in [0.4, 0.5) is 15.8 Å². The largest absolute Gasteiger partial charge is 0.326 e. The average Bonchev–Trinajstić information content (AvgIpc) is 2.42. The molecule has 1 aromatic rings. The lowest BCUT2D eigenvalue weighted by Gasteiger charge is -2.22. The highest BCUT2D eigenvalue weighted by molar-refractivity contribution is 7.99. The maximum atomic E-state index is 13.6. The molecule has 1 aromatic carbocycles. The van der Waals surface area contributed by atoms with E-state index >= 15 is 0 Å². The highest BCUT2D eigenvalue weighted by atomic mass is 32.2. The van der Waals surface area contributed by atoms with E-state index in [9.17, 15) is 17.6 Å². The van der Waals surface area contributed by atoms with Crippen molar-refractivity contribution in [2.24, 2.45) is 0 Å². The van der Waals surface area contributed by atoms with Gasteiger partial charge in [0.25, 0.3) is 0 Å². The van der Waals surface area contributed by atoms with Crippen LogP contribution < -0.4 is 15.4 Å². The summed E-state index contributed by atoms with van der Waals surface area (Å²) < 4.78 is 38.0. The van der Waals surface area contributed by atoms with E-state index in [4.69, 9.17) is 0 Å². The summed E-state index contributed by atoms with van der Waals surface area (Å²) in [7, 11) is -3.58. The quantitative estimate of drug-likeness (QED) is 0.746. The van der Waals surface area contributed by atoms with Gasteiger partial charge < -0.3 is 10.6 Å². The van der Waals surface area contributed by atoms with Crippen LogP contribution in [0.5, 0.6) is 0 Å². The van der Waals surface area contributed by atoms with Crippen molar-refractivity contribution in [3.8, 4) is 0 Å². The van der Waals surface area contributed by atoms with Crippen molar-refractivity contribution in [3.05, 3.63) is 24.0 Å². The van der Waals surface area contributed by atoms with Gasteiger partial charge in [0.2, 0.25) is 15.9 Å². The number of hydrogen-bond donors (Lipinski definition) is 3. The molecule has 1 aliphatic rings. The molecule has 2 rings (SSSR count). The number of nitrogens with one attached hydrogen (secondary N) is 3. The summed E-state index contributed by atoms with van der Waals surface area (Å²) in [6.07, 6.45) is 1.25. The van der Waals surface area contributed by atoms with Crippen molar-refractivity contribution in [1.82, 2.24) is 5.32 Å². The summed E-state index contributed by atoms with van der Waals surface area (Å²) in [5.74, 6) is 1.01. The third kappa shape index (κ3) is 5.47. The summed E-state index contributed by atoms with van der Waals surface area (Å²) in [4.78, 5) is 12.0. The molecule has 22 heavy (non-hydrogen) atoms. The molecule has 1 atom stereocenters. The number of amides is 1. The fourth-order valence-corrected chi connectivity index (χ4v) is 3.57. The summed E-state index contributed by atoms with van der Waals surface area (Å²) in [5, 5.41) is 5.91. The van der Waals surface area contributed by atoms with Gasteiger partial charge in [-0.1, -0.05) is 0 Å². The average molecular weight is 347 g/mol. The van der Waals surface area contributed by atoms with E-state index in [1.807, 2.05) is 0 Å². The molecular weight excluding hydrogens is 329 g/mol. The zero-order valence-corrected chi connectivity index (χ0v) is 13.7. The van der Waals surface area contributed by atoms with Crippen LogP contribution >= 0.6 is 11.8 Å². The summed E-state index contributed by atoms with van der Waals surface area (Å²) in [5.41, 5.74) is 0.160. The number of carbonyl (C=O) groups is 1. The third-order valence-corrected chi connectivity index (χ3v) is 4.70. The van der Waals surface area contributed by atoms with Crippen molar-refractivity contribution < 1.29 is 17.6 Å². The zero-order valence-electron chi connectivity index (χ0n) is 12.1. The van der Waals surface area contributed by atoms with Gasteiger partial charge in [-0.3, -0.25) is 9.52 Å². The molecule has 1 amide bonds. The van der Waals surface area contributed by atoms with Crippen molar-refractivity contribution in [2.75, 3.05) is 34.3 Å². The Hall–Kier alpha value is -1.32. The fourth-order valence-electron chi connectivity index (χ4n) is 2.07. The van der Waals surface area contributed by atoms with Crippen molar-refractivity contribution in [1.29, 1.82) is 0 Å². The molecule has 6 nitrogen and oxygen atoms in total. The minimum absolute atomic E-state index is 0.118. The van der Waals surface area contributed by atoms with E-state index in [-0.39, 0.29) is 17.6 Å². The molecule has 1 aliphatic heterocycles. The van der Waals surface area contributed by atoms with Gasteiger partial charge in [-0.2, -0.15) is 11.8 Å². The first-order valence-corrected chi connectivity index (χ1v) is 9.76. The first kappa shape index (κ1) is 17.0. The Morgan fingerprint density at radius 2 is 2.27 bits per heavy atom. The Morgan fingerprint density at radius 1 is 1.50 bits per heavy atom. The van der Waals surface area contributed by atoms with Crippen LogP contribution in [0, 0.1) is 5.82 Å². The summed E-state index contributed by atoms with van der Waals surface area (Å²) in [6.45, 7) is 0.877. The number of hydrogen-bond acceptors (Lipinski definition) is 5. The third-order valence-electron chi connectivity index (χ3n) is 2.98. The lowest BCUT2D eigenvalue weighted by atomic mass is 10.2. The van der Waals surface area contributed by atoms with Crippen LogP contribution in [-0.4, -0.2) is 44.7 Å². The number of thioether (sulfide) groups is 1. The highest BCUT2D eigenvalue weighted by Crippen LogP contribution is 2.21. The van der Waals surface area contributed by atoms with Gasteiger partial charge in [0, 0.05) is 36.2 Å². The number of sulfonamides is 1. The van der Waals surface area contributed by atoms with Gasteiger partial charge in [-0.05, 0) is 18.2 Å². The van der Waals surface area contributed by atoms with Crippen molar-refractivity contribution >= 4 is 39.1 Å². The lowest BCUT2D eigenvalue weighted by molar-refractivity contribution is -0.116. The predicted molar refractivity (Wildman–Crippen MR) is 87.2 cm³/mol. The van der Waals surface area contributed by atoms with Gasteiger partial charge in [-0.25, -0.2) is 12.8 Å². The molecule has 0 aromatic heterocycles. The molecule has 122 valence electrons. The standard InChI is InChI=1S/C13H18FN3O3S2/c1-22(19,20)17-12-6-9(2-3-11(12)14)16-13(18)7-10-8-21-5-4-15-10/h2-3,6,10,15,17H,4-5,7-8H2,1H3,(H,16,18). The van der Waals surface area contributed by atoms with Gasteiger partial charge in [-0.15, -0.1) is 0 Å². The van der Waals surface area contributed by atoms with Crippen LogP contribution in [0.15, 0.2) is 18.2 Å². The number of rotatable bonds is 5. The minimum atomic E-state index is -3.58.